The number of hydrogen-bond donors (Lipinski definition) is 2. The van der Waals surface area contributed by atoms with E-state index in [1.165, 1.54) is 0 Å². The quantitative estimate of drug-likeness (QED) is 0.563. The lowest BCUT2D eigenvalue weighted by Gasteiger charge is -2.23. The van der Waals surface area contributed by atoms with E-state index in [1.54, 1.807) is 24.3 Å². The summed E-state index contributed by atoms with van der Waals surface area (Å²) in [7, 11) is 5.62. The number of carbonyl (C=O) groups is 1. The molecule has 0 atom stereocenters. The fraction of sp³-hybridized carbons (Fsp3) is 0.364. The first-order valence-corrected chi connectivity index (χ1v) is 4.76. The maximum Gasteiger partial charge on any atom is 0.295 e. The Kier molecular flexibility index (Phi) is 3.44. The fourth-order valence-electron chi connectivity index (χ4n) is 1.13. The molecule has 2 N–H and O–H groups in total. The van der Waals surface area contributed by atoms with Gasteiger partial charge < -0.3 is 5.11 Å². The topological polar surface area (TPSA) is 49.3 Å². The third kappa shape index (κ3) is 3.69. The first kappa shape index (κ1) is 11.7. The van der Waals surface area contributed by atoms with Crippen molar-refractivity contribution in [3.05, 3.63) is 35.4 Å². The van der Waals surface area contributed by atoms with Crippen molar-refractivity contribution in [1.29, 1.82) is 0 Å². The number of rotatable bonds is 3. The van der Waals surface area contributed by atoms with Crippen molar-refractivity contribution in [3.63, 3.8) is 0 Å². The van der Waals surface area contributed by atoms with Crippen LogP contribution in [-0.2, 0) is 6.61 Å². The maximum absolute atomic E-state index is 11.7. The molecule has 0 fully saturated rings. The van der Waals surface area contributed by atoms with Crippen LogP contribution in [0.1, 0.15) is 15.9 Å². The molecule has 0 radical (unpaired) electrons. The predicted octanol–water partition coefficient (Wildman–Crippen LogP) is 0.530. The first-order valence-electron chi connectivity index (χ1n) is 4.76. The van der Waals surface area contributed by atoms with Crippen LogP contribution >= 0.6 is 0 Å². The summed E-state index contributed by atoms with van der Waals surface area (Å²) in [6, 6.07) is 6.89. The number of carbonyl (C=O) groups excluding carboxylic acids is 1. The Labute approximate surface area is 89.7 Å². The molecule has 4 nitrogen and oxygen atoms in total. The van der Waals surface area contributed by atoms with Crippen LogP contribution in [-0.4, -0.2) is 36.7 Å². The van der Waals surface area contributed by atoms with Crippen LogP contribution < -0.4 is 5.43 Å². The van der Waals surface area contributed by atoms with Crippen LogP contribution in [0.25, 0.3) is 0 Å². The van der Waals surface area contributed by atoms with E-state index in [2.05, 4.69) is 5.43 Å². The molecule has 0 bridgehead atoms. The van der Waals surface area contributed by atoms with E-state index < -0.39 is 0 Å². The molecule has 0 unspecified atom stereocenters. The normalized spacial score (nSPS) is 11.2. The number of quaternary nitrogens is 1. The van der Waals surface area contributed by atoms with Gasteiger partial charge in [-0.1, -0.05) is 12.1 Å². The third-order valence-electron chi connectivity index (χ3n) is 1.84. The summed E-state index contributed by atoms with van der Waals surface area (Å²) in [5.41, 5.74) is 4.21. The summed E-state index contributed by atoms with van der Waals surface area (Å²) in [6.07, 6.45) is 0. The standard InChI is InChI=1S/C11H16N2O2/c1-13(2,3)12-11(15)10-6-4-9(8-14)5-7-10/h4-7,14H,8H2,1-3H3/p+1. The zero-order valence-electron chi connectivity index (χ0n) is 9.32. The Morgan fingerprint density at radius 2 is 1.80 bits per heavy atom. The average Bonchev–Trinajstić information content (AvgIpc) is 2.15. The molecular weight excluding hydrogens is 192 g/mol. The highest BCUT2D eigenvalue weighted by Gasteiger charge is 2.13. The lowest BCUT2D eigenvalue weighted by atomic mass is 10.1. The first-order chi connectivity index (χ1) is 6.92. The Balaban J connectivity index is 2.75. The summed E-state index contributed by atoms with van der Waals surface area (Å²) >= 11 is 0. The van der Waals surface area contributed by atoms with E-state index in [0.29, 0.717) is 10.2 Å². The van der Waals surface area contributed by atoms with Crippen LogP contribution in [0.2, 0.25) is 0 Å². The van der Waals surface area contributed by atoms with Crippen molar-refractivity contribution in [2.45, 2.75) is 6.61 Å². The highest BCUT2D eigenvalue weighted by atomic mass is 16.3. The number of nitrogens with one attached hydrogen (secondary N) is 1. The molecule has 1 aromatic rings. The molecule has 0 spiro atoms. The minimum atomic E-state index is -0.119. The van der Waals surface area contributed by atoms with Crippen molar-refractivity contribution >= 4 is 5.91 Å². The van der Waals surface area contributed by atoms with Crippen LogP contribution in [0.15, 0.2) is 24.3 Å². The molecule has 0 saturated carbocycles. The molecule has 0 aliphatic heterocycles. The van der Waals surface area contributed by atoms with Crippen molar-refractivity contribution in [2.75, 3.05) is 21.1 Å². The smallest absolute Gasteiger partial charge is 0.295 e. The van der Waals surface area contributed by atoms with Gasteiger partial charge in [0.15, 0.2) is 0 Å². The van der Waals surface area contributed by atoms with Gasteiger partial charge in [-0.05, 0) is 17.7 Å². The van der Waals surface area contributed by atoms with Gasteiger partial charge in [-0.25, -0.2) is 4.59 Å². The molecule has 0 heterocycles. The highest BCUT2D eigenvalue weighted by Crippen LogP contribution is 2.04. The highest BCUT2D eigenvalue weighted by molar-refractivity contribution is 5.93. The van der Waals surface area contributed by atoms with Crippen LogP contribution in [0.5, 0.6) is 0 Å². The summed E-state index contributed by atoms with van der Waals surface area (Å²) in [5.74, 6) is -0.119. The average molecular weight is 209 g/mol. The Morgan fingerprint density at radius 3 is 2.20 bits per heavy atom. The van der Waals surface area contributed by atoms with Gasteiger partial charge in [0, 0.05) is 5.56 Å². The lowest BCUT2D eigenvalue weighted by Crippen LogP contribution is -2.51. The molecule has 1 rings (SSSR count). The van der Waals surface area contributed by atoms with Crippen LogP contribution in [0.4, 0.5) is 0 Å². The van der Waals surface area contributed by atoms with E-state index in [0.717, 1.165) is 5.56 Å². The van der Waals surface area contributed by atoms with Gasteiger partial charge >= 0.3 is 0 Å². The van der Waals surface area contributed by atoms with Gasteiger partial charge in [0.2, 0.25) is 0 Å². The maximum atomic E-state index is 11.7. The molecule has 0 aliphatic rings. The summed E-state index contributed by atoms with van der Waals surface area (Å²) in [6.45, 7) is -0.00275. The monoisotopic (exact) mass is 209 g/mol. The molecule has 4 heteroatoms. The summed E-state index contributed by atoms with van der Waals surface area (Å²) in [5, 5.41) is 8.85. The van der Waals surface area contributed by atoms with E-state index >= 15 is 0 Å². The van der Waals surface area contributed by atoms with Crippen molar-refractivity contribution < 1.29 is 14.5 Å². The van der Waals surface area contributed by atoms with Crippen LogP contribution in [0, 0.1) is 0 Å². The third-order valence-corrected chi connectivity index (χ3v) is 1.84. The predicted molar refractivity (Wildman–Crippen MR) is 57.9 cm³/mol. The van der Waals surface area contributed by atoms with Crippen molar-refractivity contribution in [1.82, 2.24) is 5.43 Å². The minimum Gasteiger partial charge on any atom is -0.392 e. The zero-order chi connectivity index (χ0) is 11.5. The van der Waals surface area contributed by atoms with Gasteiger partial charge in [0.05, 0.1) is 27.7 Å². The molecule has 1 aromatic carbocycles. The minimum absolute atomic E-state index is 0.00275. The Hall–Kier alpha value is -1.39. The van der Waals surface area contributed by atoms with Gasteiger partial charge in [-0.3, -0.25) is 4.79 Å². The van der Waals surface area contributed by atoms with Gasteiger partial charge in [-0.2, -0.15) is 5.43 Å². The Morgan fingerprint density at radius 1 is 1.27 bits per heavy atom. The van der Waals surface area contributed by atoms with Gasteiger partial charge in [0.1, 0.15) is 0 Å². The second kappa shape index (κ2) is 4.42. The lowest BCUT2D eigenvalue weighted by molar-refractivity contribution is -0.905. The van der Waals surface area contributed by atoms with Gasteiger partial charge in [0.25, 0.3) is 5.91 Å². The van der Waals surface area contributed by atoms with Gasteiger partial charge in [-0.15, -0.1) is 0 Å². The van der Waals surface area contributed by atoms with Crippen molar-refractivity contribution in [3.8, 4) is 0 Å². The molecule has 15 heavy (non-hydrogen) atoms. The second-order valence-corrected chi connectivity index (χ2v) is 4.31. The molecular formula is C11H17N2O2+. The number of amides is 1. The fourth-order valence-corrected chi connectivity index (χ4v) is 1.13. The van der Waals surface area contributed by atoms with E-state index in [-0.39, 0.29) is 12.5 Å². The number of benzene rings is 1. The zero-order valence-corrected chi connectivity index (χ0v) is 9.32. The SMILES string of the molecule is C[N+](C)(C)NC(=O)c1ccc(CO)cc1. The second-order valence-electron chi connectivity index (χ2n) is 4.31. The number of aliphatic hydroxyl groups excluding tert-OH is 1. The van der Waals surface area contributed by atoms with E-state index in [9.17, 15) is 4.79 Å². The van der Waals surface area contributed by atoms with Crippen molar-refractivity contribution in [2.24, 2.45) is 0 Å². The molecule has 0 saturated heterocycles. The van der Waals surface area contributed by atoms with E-state index in [1.807, 2.05) is 21.1 Å². The largest absolute Gasteiger partial charge is 0.392 e. The molecule has 0 aromatic heterocycles. The number of hydrogen-bond acceptors (Lipinski definition) is 2. The number of aliphatic hydroxyl groups is 1. The summed E-state index contributed by atoms with van der Waals surface area (Å²) < 4.78 is 0.376. The Bertz CT molecular complexity index is 339. The molecule has 1 amide bonds. The summed E-state index contributed by atoms with van der Waals surface area (Å²) in [4.78, 5) is 11.7. The van der Waals surface area contributed by atoms with E-state index in [4.69, 9.17) is 5.11 Å². The molecule has 82 valence electrons. The number of nitrogens with zero attached hydrogens (tertiary/aromatic N) is 1. The molecule has 0 aliphatic carbocycles. The van der Waals surface area contributed by atoms with Crippen LogP contribution in [0.3, 0.4) is 0 Å².